The highest BCUT2D eigenvalue weighted by atomic mass is 14.9. The average Bonchev–Trinajstić information content (AvgIpc) is 2.20. The molecular formula is C12H21N3. The van der Waals surface area contributed by atoms with Crippen molar-refractivity contribution in [1.82, 2.24) is 15.3 Å². The Hall–Kier alpha value is -0.960. The Balaban J connectivity index is 3.04. The molecule has 0 aliphatic rings. The van der Waals surface area contributed by atoms with Crippen molar-refractivity contribution < 1.29 is 0 Å². The topological polar surface area (TPSA) is 37.8 Å². The first-order valence-corrected chi connectivity index (χ1v) is 5.52. The first-order chi connectivity index (χ1) is 7.07. The number of likely N-dealkylation sites (N-methyl/N-ethyl adjacent to an activating group) is 1. The van der Waals surface area contributed by atoms with Crippen LogP contribution >= 0.6 is 0 Å². The summed E-state index contributed by atoms with van der Waals surface area (Å²) in [6.45, 7) is 8.68. The van der Waals surface area contributed by atoms with Gasteiger partial charge in [-0.3, -0.25) is 9.97 Å². The number of aromatic nitrogens is 2. The van der Waals surface area contributed by atoms with Crippen molar-refractivity contribution in [2.24, 2.45) is 5.92 Å². The van der Waals surface area contributed by atoms with Crippen LogP contribution in [0.4, 0.5) is 0 Å². The Kier molecular flexibility index (Phi) is 4.21. The molecule has 2 unspecified atom stereocenters. The second-order valence-corrected chi connectivity index (χ2v) is 4.37. The number of nitrogens with one attached hydrogen (secondary N) is 1. The summed E-state index contributed by atoms with van der Waals surface area (Å²) in [6, 6.07) is 0.417. The zero-order valence-corrected chi connectivity index (χ0v) is 10.3. The second kappa shape index (κ2) is 5.21. The highest BCUT2D eigenvalue weighted by molar-refractivity contribution is 5.16. The predicted molar refractivity (Wildman–Crippen MR) is 62.9 cm³/mol. The SMILES string of the molecule is CNC(C)C(c1nccnc1C)C(C)C. The van der Waals surface area contributed by atoms with Crippen LogP contribution in [-0.4, -0.2) is 23.1 Å². The fraction of sp³-hybridized carbons (Fsp3) is 0.667. The van der Waals surface area contributed by atoms with Gasteiger partial charge in [0.1, 0.15) is 0 Å². The van der Waals surface area contributed by atoms with E-state index in [4.69, 9.17) is 0 Å². The summed E-state index contributed by atoms with van der Waals surface area (Å²) in [5.41, 5.74) is 2.16. The average molecular weight is 207 g/mol. The molecule has 2 atom stereocenters. The van der Waals surface area contributed by atoms with E-state index in [1.165, 1.54) is 0 Å². The molecule has 1 N–H and O–H groups in total. The van der Waals surface area contributed by atoms with Crippen molar-refractivity contribution in [2.45, 2.75) is 39.7 Å². The van der Waals surface area contributed by atoms with E-state index in [9.17, 15) is 0 Å². The summed E-state index contributed by atoms with van der Waals surface area (Å²) in [7, 11) is 1.99. The van der Waals surface area contributed by atoms with Gasteiger partial charge in [0.05, 0.1) is 11.4 Å². The Morgan fingerprint density at radius 1 is 1.13 bits per heavy atom. The maximum Gasteiger partial charge on any atom is 0.0664 e. The lowest BCUT2D eigenvalue weighted by molar-refractivity contribution is 0.385. The maximum absolute atomic E-state index is 4.47. The lowest BCUT2D eigenvalue weighted by Crippen LogP contribution is -2.33. The molecule has 0 bridgehead atoms. The van der Waals surface area contributed by atoms with Gasteiger partial charge in [-0.15, -0.1) is 0 Å². The van der Waals surface area contributed by atoms with Gasteiger partial charge in [-0.05, 0) is 26.8 Å². The Labute approximate surface area is 92.3 Å². The lowest BCUT2D eigenvalue weighted by atomic mass is 9.85. The molecule has 3 nitrogen and oxygen atoms in total. The normalized spacial score (nSPS) is 15.3. The van der Waals surface area contributed by atoms with Crippen LogP contribution in [0, 0.1) is 12.8 Å². The number of rotatable bonds is 4. The van der Waals surface area contributed by atoms with Gasteiger partial charge in [0.15, 0.2) is 0 Å². The molecule has 0 saturated carbocycles. The van der Waals surface area contributed by atoms with Crippen molar-refractivity contribution in [1.29, 1.82) is 0 Å². The third-order valence-corrected chi connectivity index (χ3v) is 2.95. The van der Waals surface area contributed by atoms with E-state index in [1.54, 1.807) is 12.4 Å². The standard InChI is InChI=1S/C12H21N3/c1-8(2)11(9(3)13-5)12-10(4)14-6-7-15-12/h6-9,11,13H,1-5H3. The van der Waals surface area contributed by atoms with Gasteiger partial charge in [0, 0.05) is 24.4 Å². The van der Waals surface area contributed by atoms with Crippen LogP contribution < -0.4 is 5.32 Å². The minimum atomic E-state index is 0.417. The first-order valence-electron chi connectivity index (χ1n) is 5.52. The predicted octanol–water partition coefficient (Wildman–Crippen LogP) is 2.13. The van der Waals surface area contributed by atoms with Crippen molar-refractivity contribution in [3.05, 3.63) is 23.8 Å². The second-order valence-electron chi connectivity index (χ2n) is 4.37. The van der Waals surface area contributed by atoms with E-state index in [1.807, 2.05) is 14.0 Å². The number of hydrogen-bond acceptors (Lipinski definition) is 3. The Bertz CT molecular complexity index is 309. The Morgan fingerprint density at radius 2 is 1.73 bits per heavy atom. The summed E-state index contributed by atoms with van der Waals surface area (Å²) in [6.07, 6.45) is 3.53. The van der Waals surface area contributed by atoms with E-state index in [0.717, 1.165) is 11.4 Å². The summed E-state index contributed by atoms with van der Waals surface area (Å²) >= 11 is 0. The molecule has 1 heterocycles. The molecule has 0 aliphatic carbocycles. The van der Waals surface area contributed by atoms with Gasteiger partial charge in [-0.2, -0.15) is 0 Å². The van der Waals surface area contributed by atoms with Gasteiger partial charge in [-0.25, -0.2) is 0 Å². The smallest absolute Gasteiger partial charge is 0.0664 e. The van der Waals surface area contributed by atoms with Gasteiger partial charge in [0.25, 0.3) is 0 Å². The summed E-state index contributed by atoms with van der Waals surface area (Å²) in [5, 5.41) is 3.30. The quantitative estimate of drug-likeness (QED) is 0.822. The molecule has 0 aromatic carbocycles. The molecule has 0 spiro atoms. The van der Waals surface area contributed by atoms with Crippen LogP contribution in [0.15, 0.2) is 12.4 Å². The van der Waals surface area contributed by atoms with Gasteiger partial charge in [-0.1, -0.05) is 13.8 Å². The molecule has 0 aliphatic heterocycles. The van der Waals surface area contributed by atoms with E-state index in [-0.39, 0.29) is 0 Å². The van der Waals surface area contributed by atoms with Crippen LogP contribution in [-0.2, 0) is 0 Å². The zero-order valence-electron chi connectivity index (χ0n) is 10.3. The summed E-state index contributed by atoms with van der Waals surface area (Å²) in [5.74, 6) is 0.978. The number of aryl methyl sites for hydroxylation is 1. The molecule has 1 rings (SSSR count). The third-order valence-electron chi connectivity index (χ3n) is 2.95. The van der Waals surface area contributed by atoms with Crippen molar-refractivity contribution in [3.8, 4) is 0 Å². The van der Waals surface area contributed by atoms with Crippen molar-refractivity contribution >= 4 is 0 Å². The first kappa shape index (κ1) is 12.1. The largest absolute Gasteiger partial charge is 0.317 e. The molecule has 0 saturated heterocycles. The fourth-order valence-electron chi connectivity index (χ4n) is 2.06. The molecule has 3 heteroatoms. The minimum absolute atomic E-state index is 0.417. The molecule has 0 amide bonds. The molecule has 15 heavy (non-hydrogen) atoms. The van der Waals surface area contributed by atoms with E-state index >= 15 is 0 Å². The fourth-order valence-corrected chi connectivity index (χ4v) is 2.06. The van der Waals surface area contributed by atoms with Crippen LogP contribution in [0.3, 0.4) is 0 Å². The summed E-state index contributed by atoms with van der Waals surface area (Å²) < 4.78 is 0. The van der Waals surface area contributed by atoms with Crippen LogP contribution in [0.1, 0.15) is 38.1 Å². The molecule has 0 radical (unpaired) electrons. The molecule has 1 aromatic heterocycles. The van der Waals surface area contributed by atoms with E-state index < -0.39 is 0 Å². The lowest BCUT2D eigenvalue weighted by Gasteiger charge is -2.27. The zero-order chi connectivity index (χ0) is 11.4. The van der Waals surface area contributed by atoms with Gasteiger partial charge < -0.3 is 5.32 Å². The van der Waals surface area contributed by atoms with E-state index in [0.29, 0.717) is 17.9 Å². The van der Waals surface area contributed by atoms with Crippen LogP contribution in [0.2, 0.25) is 0 Å². The molecule has 84 valence electrons. The van der Waals surface area contributed by atoms with Gasteiger partial charge >= 0.3 is 0 Å². The van der Waals surface area contributed by atoms with Crippen molar-refractivity contribution in [2.75, 3.05) is 7.05 Å². The Morgan fingerprint density at radius 3 is 2.20 bits per heavy atom. The maximum atomic E-state index is 4.47. The van der Waals surface area contributed by atoms with Gasteiger partial charge in [0.2, 0.25) is 0 Å². The molecule has 1 aromatic rings. The summed E-state index contributed by atoms with van der Waals surface area (Å²) in [4.78, 5) is 8.78. The highest BCUT2D eigenvalue weighted by Crippen LogP contribution is 2.27. The van der Waals surface area contributed by atoms with E-state index in [2.05, 4.69) is 36.1 Å². The minimum Gasteiger partial charge on any atom is -0.317 e. The third kappa shape index (κ3) is 2.75. The molecule has 0 fully saturated rings. The van der Waals surface area contributed by atoms with Crippen LogP contribution in [0.25, 0.3) is 0 Å². The van der Waals surface area contributed by atoms with Crippen molar-refractivity contribution in [3.63, 3.8) is 0 Å². The number of hydrogen-bond donors (Lipinski definition) is 1. The monoisotopic (exact) mass is 207 g/mol. The molecular weight excluding hydrogens is 186 g/mol. The highest BCUT2D eigenvalue weighted by Gasteiger charge is 2.24. The number of nitrogens with zero attached hydrogens (tertiary/aromatic N) is 2. The van der Waals surface area contributed by atoms with Crippen LogP contribution in [0.5, 0.6) is 0 Å².